The normalized spacial score (nSPS) is 12.0. The minimum absolute atomic E-state index is 0.149. The van der Waals surface area contributed by atoms with E-state index in [1.165, 1.54) is 30.8 Å². The van der Waals surface area contributed by atoms with E-state index in [0.717, 1.165) is 12.1 Å². The summed E-state index contributed by atoms with van der Waals surface area (Å²) in [5.41, 5.74) is 0.835. The Balaban J connectivity index is 1.48. The monoisotopic (exact) mass is 515 g/mol. The van der Waals surface area contributed by atoms with Crippen molar-refractivity contribution >= 4 is 27.2 Å². The molecule has 0 aliphatic carbocycles. The second-order valence-corrected chi connectivity index (χ2v) is 10.1. The van der Waals surface area contributed by atoms with Crippen LogP contribution in [0.25, 0.3) is 0 Å². The summed E-state index contributed by atoms with van der Waals surface area (Å²) < 4.78 is 44.4. The molecule has 4 rings (SSSR count). The SMILES string of the molecule is C[S@@](=O)(=NC(=O)c1cncc(C#Cc2ccc(NC(=O)c3c(F)cccc3F)cc2)c1)c1ccccc1. The summed E-state index contributed by atoms with van der Waals surface area (Å²) in [5, 5.41) is 2.44. The number of nitrogens with one attached hydrogen (secondary N) is 1. The molecule has 0 saturated carbocycles. The predicted molar refractivity (Wildman–Crippen MR) is 137 cm³/mol. The zero-order chi connectivity index (χ0) is 26.4. The molecule has 0 bridgehead atoms. The van der Waals surface area contributed by atoms with Gasteiger partial charge >= 0.3 is 0 Å². The molecule has 1 heterocycles. The molecule has 0 aliphatic rings. The van der Waals surface area contributed by atoms with Gasteiger partial charge in [-0.05, 0) is 54.6 Å². The number of halogens is 2. The van der Waals surface area contributed by atoms with Crippen LogP contribution in [0, 0.1) is 23.5 Å². The highest BCUT2D eigenvalue weighted by atomic mass is 32.2. The number of hydrogen-bond donors (Lipinski definition) is 1. The molecule has 0 unspecified atom stereocenters. The molecule has 0 radical (unpaired) electrons. The smallest absolute Gasteiger partial charge is 0.286 e. The molecule has 1 aromatic heterocycles. The van der Waals surface area contributed by atoms with Crippen LogP contribution in [0.5, 0.6) is 0 Å². The fourth-order valence-electron chi connectivity index (χ4n) is 3.25. The number of benzene rings is 3. The fourth-order valence-corrected chi connectivity index (χ4v) is 4.44. The average Bonchev–Trinajstić information content (AvgIpc) is 2.88. The van der Waals surface area contributed by atoms with Gasteiger partial charge in [0, 0.05) is 40.4 Å². The van der Waals surface area contributed by atoms with Crippen LogP contribution in [-0.2, 0) is 9.73 Å². The van der Waals surface area contributed by atoms with Gasteiger partial charge in [0.2, 0.25) is 0 Å². The van der Waals surface area contributed by atoms with Gasteiger partial charge in [-0.15, -0.1) is 0 Å². The van der Waals surface area contributed by atoms with Crippen LogP contribution in [0.1, 0.15) is 31.8 Å². The summed E-state index contributed by atoms with van der Waals surface area (Å²) in [6, 6.07) is 19.5. The Bertz CT molecular complexity index is 1650. The zero-order valence-electron chi connectivity index (χ0n) is 19.4. The molecule has 0 aliphatic heterocycles. The van der Waals surface area contributed by atoms with E-state index in [0.29, 0.717) is 21.7 Å². The molecule has 0 fully saturated rings. The first-order valence-electron chi connectivity index (χ1n) is 10.9. The number of rotatable bonds is 4. The molecule has 184 valence electrons. The van der Waals surface area contributed by atoms with Crippen molar-refractivity contribution in [2.24, 2.45) is 4.36 Å². The quantitative estimate of drug-likeness (QED) is 0.373. The largest absolute Gasteiger partial charge is 0.322 e. The van der Waals surface area contributed by atoms with Gasteiger partial charge in [-0.1, -0.05) is 36.1 Å². The molecule has 9 heteroatoms. The van der Waals surface area contributed by atoms with E-state index in [1.807, 2.05) is 0 Å². The third-order valence-corrected chi connectivity index (χ3v) is 6.77. The first-order valence-corrected chi connectivity index (χ1v) is 12.8. The fraction of sp³-hybridized carbons (Fsp3) is 0.0357. The number of hydrogen-bond acceptors (Lipinski definition) is 4. The van der Waals surface area contributed by atoms with Gasteiger partial charge in [-0.2, -0.15) is 4.36 Å². The predicted octanol–water partition coefficient (Wildman–Crippen LogP) is 5.31. The minimum Gasteiger partial charge on any atom is -0.322 e. The number of aromatic nitrogens is 1. The summed E-state index contributed by atoms with van der Waals surface area (Å²) in [6.07, 6.45) is 4.20. The van der Waals surface area contributed by atoms with Crippen LogP contribution in [-0.4, -0.2) is 27.3 Å². The number of amides is 2. The van der Waals surface area contributed by atoms with Crippen molar-refractivity contribution < 1.29 is 22.6 Å². The van der Waals surface area contributed by atoms with Gasteiger partial charge in [0.25, 0.3) is 11.8 Å². The standard InChI is InChI=1S/C28H19F2N3O3S/c1-37(36,23-6-3-2-4-7-23)33-27(34)21-16-20(17-31-18-21)11-10-19-12-14-22(15-13-19)32-28(35)26-24(29)8-5-9-25(26)30/h2-9,12-18H,1H3,(H,32,35)/t37-/m0/s1. The molecule has 2 amide bonds. The van der Waals surface area contributed by atoms with Crippen molar-refractivity contribution in [3.8, 4) is 11.8 Å². The molecule has 1 atom stereocenters. The Morgan fingerprint density at radius 3 is 2.19 bits per heavy atom. The second-order valence-electron chi connectivity index (χ2n) is 7.85. The molecular formula is C28H19F2N3O3S. The highest BCUT2D eigenvalue weighted by Crippen LogP contribution is 2.16. The maximum Gasteiger partial charge on any atom is 0.286 e. The summed E-state index contributed by atoms with van der Waals surface area (Å²) in [4.78, 5) is 29.3. The molecule has 0 spiro atoms. The summed E-state index contributed by atoms with van der Waals surface area (Å²) >= 11 is 0. The van der Waals surface area contributed by atoms with Crippen LogP contribution in [0.3, 0.4) is 0 Å². The van der Waals surface area contributed by atoms with Gasteiger partial charge in [-0.3, -0.25) is 14.6 Å². The van der Waals surface area contributed by atoms with Crippen molar-refractivity contribution in [1.29, 1.82) is 0 Å². The number of pyridine rings is 1. The molecule has 6 nitrogen and oxygen atoms in total. The van der Waals surface area contributed by atoms with E-state index < -0.39 is 38.7 Å². The lowest BCUT2D eigenvalue weighted by atomic mass is 10.1. The number of anilines is 1. The van der Waals surface area contributed by atoms with Crippen molar-refractivity contribution in [3.63, 3.8) is 0 Å². The Kier molecular flexibility index (Phi) is 7.51. The Labute approximate surface area is 212 Å². The first kappa shape index (κ1) is 25.4. The highest BCUT2D eigenvalue weighted by Gasteiger charge is 2.17. The first-order chi connectivity index (χ1) is 17.7. The summed E-state index contributed by atoms with van der Waals surface area (Å²) in [7, 11) is -2.92. The topological polar surface area (TPSA) is 88.5 Å². The van der Waals surface area contributed by atoms with Crippen LogP contribution in [0.4, 0.5) is 14.5 Å². The second kappa shape index (κ2) is 10.9. The summed E-state index contributed by atoms with van der Waals surface area (Å²) in [6.45, 7) is 0. The van der Waals surface area contributed by atoms with E-state index >= 15 is 0 Å². The van der Waals surface area contributed by atoms with E-state index in [4.69, 9.17) is 0 Å². The lowest BCUT2D eigenvalue weighted by Crippen LogP contribution is -2.15. The van der Waals surface area contributed by atoms with E-state index in [9.17, 15) is 22.6 Å². The van der Waals surface area contributed by atoms with Gasteiger partial charge in [0.05, 0.1) is 15.3 Å². The van der Waals surface area contributed by atoms with Crippen LogP contribution >= 0.6 is 0 Å². The Hall–Kier alpha value is -4.68. The van der Waals surface area contributed by atoms with Crippen molar-refractivity contribution in [1.82, 2.24) is 4.98 Å². The van der Waals surface area contributed by atoms with E-state index in [2.05, 4.69) is 26.5 Å². The third-order valence-electron chi connectivity index (χ3n) is 5.11. The maximum absolute atomic E-state index is 13.8. The van der Waals surface area contributed by atoms with Gasteiger partial charge in [0.1, 0.15) is 17.2 Å². The molecule has 37 heavy (non-hydrogen) atoms. The van der Waals surface area contributed by atoms with Gasteiger partial charge in [-0.25, -0.2) is 13.0 Å². The molecule has 4 aromatic rings. The minimum atomic E-state index is -2.92. The molecular weight excluding hydrogens is 496 g/mol. The number of nitrogens with zero attached hydrogens (tertiary/aromatic N) is 2. The van der Waals surface area contributed by atoms with Crippen LogP contribution in [0.2, 0.25) is 0 Å². The van der Waals surface area contributed by atoms with Gasteiger partial charge < -0.3 is 5.32 Å². The van der Waals surface area contributed by atoms with Crippen molar-refractivity contribution in [2.45, 2.75) is 4.90 Å². The number of carbonyl (C=O) groups is 2. The van der Waals surface area contributed by atoms with Crippen LogP contribution in [0.15, 0.2) is 101 Å². The lowest BCUT2D eigenvalue weighted by Gasteiger charge is -2.07. The summed E-state index contributed by atoms with van der Waals surface area (Å²) in [5.74, 6) is 2.31. The molecule has 1 N–H and O–H groups in total. The Morgan fingerprint density at radius 2 is 1.51 bits per heavy atom. The molecule has 3 aromatic carbocycles. The van der Waals surface area contributed by atoms with E-state index in [1.54, 1.807) is 54.6 Å². The van der Waals surface area contributed by atoms with Crippen LogP contribution < -0.4 is 5.32 Å². The zero-order valence-corrected chi connectivity index (χ0v) is 20.3. The maximum atomic E-state index is 13.8. The van der Waals surface area contributed by atoms with E-state index in [-0.39, 0.29) is 5.56 Å². The average molecular weight is 516 g/mol. The van der Waals surface area contributed by atoms with Crippen molar-refractivity contribution in [2.75, 3.05) is 11.6 Å². The molecule has 0 saturated heterocycles. The lowest BCUT2D eigenvalue weighted by molar-refractivity contribution is 0.0999. The highest BCUT2D eigenvalue weighted by molar-refractivity contribution is 7.93. The third kappa shape index (κ3) is 6.31. The Morgan fingerprint density at radius 1 is 0.865 bits per heavy atom. The van der Waals surface area contributed by atoms with Crippen molar-refractivity contribution in [3.05, 3.63) is 125 Å². The number of carbonyl (C=O) groups excluding carboxylic acids is 2. The van der Waals surface area contributed by atoms with Gasteiger partial charge in [0.15, 0.2) is 0 Å².